The number of hydrogen-bond donors (Lipinski definition) is 0. The van der Waals surface area contributed by atoms with Gasteiger partial charge in [0.2, 0.25) is 0 Å². The highest BCUT2D eigenvalue weighted by Gasteiger charge is 2.40. The molecule has 1 aliphatic heterocycles. The van der Waals surface area contributed by atoms with Gasteiger partial charge in [-0.05, 0) is 30.5 Å². The Morgan fingerprint density at radius 3 is 2.37 bits per heavy atom. The molecule has 0 amide bonds. The van der Waals surface area contributed by atoms with E-state index in [1.165, 1.54) is 5.56 Å². The Morgan fingerprint density at radius 2 is 1.84 bits per heavy atom. The Morgan fingerprint density at radius 1 is 1.16 bits per heavy atom. The number of rotatable bonds is 7. The van der Waals surface area contributed by atoms with Crippen LogP contribution in [0.25, 0.3) is 0 Å². The summed E-state index contributed by atoms with van der Waals surface area (Å²) >= 11 is 0. The van der Waals surface area contributed by atoms with Crippen molar-refractivity contribution in [2.75, 3.05) is 26.9 Å². The first-order valence-corrected chi connectivity index (χ1v) is 6.97. The molecule has 106 valence electrons. The van der Waals surface area contributed by atoms with Gasteiger partial charge in [-0.2, -0.15) is 0 Å². The van der Waals surface area contributed by atoms with E-state index in [9.17, 15) is 0 Å². The van der Waals surface area contributed by atoms with Crippen LogP contribution in [0, 0.1) is 5.41 Å². The van der Waals surface area contributed by atoms with Crippen molar-refractivity contribution in [3.8, 4) is 5.75 Å². The van der Waals surface area contributed by atoms with E-state index in [4.69, 9.17) is 14.2 Å². The molecule has 19 heavy (non-hydrogen) atoms. The molecular weight excluding hydrogens is 240 g/mol. The van der Waals surface area contributed by atoms with Crippen LogP contribution in [0.4, 0.5) is 0 Å². The normalized spacial score (nSPS) is 20.9. The molecule has 3 heteroatoms. The standard InChI is InChI=1S/C16H24O3/c1-16(2)12-19-15(16)13-6-8-14(9-7-13)18-11-5-4-10-17-3/h6-9,15H,4-5,10-12H2,1-3H3. The third kappa shape index (κ3) is 3.71. The second kappa shape index (κ2) is 6.40. The largest absolute Gasteiger partial charge is 0.494 e. The summed E-state index contributed by atoms with van der Waals surface area (Å²) in [7, 11) is 1.73. The summed E-state index contributed by atoms with van der Waals surface area (Å²) in [5.41, 5.74) is 1.49. The minimum absolute atomic E-state index is 0.225. The third-order valence-corrected chi connectivity index (χ3v) is 3.53. The van der Waals surface area contributed by atoms with Gasteiger partial charge in [-0.1, -0.05) is 26.0 Å². The molecule has 0 radical (unpaired) electrons. The lowest BCUT2D eigenvalue weighted by Gasteiger charge is -2.44. The summed E-state index contributed by atoms with van der Waals surface area (Å²) in [6, 6.07) is 8.28. The quantitative estimate of drug-likeness (QED) is 0.704. The topological polar surface area (TPSA) is 27.7 Å². The summed E-state index contributed by atoms with van der Waals surface area (Å²) in [5, 5.41) is 0. The first-order chi connectivity index (χ1) is 9.13. The van der Waals surface area contributed by atoms with Gasteiger partial charge in [0, 0.05) is 19.1 Å². The third-order valence-electron chi connectivity index (χ3n) is 3.53. The van der Waals surface area contributed by atoms with E-state index in [1.807, 2.05) is 12.1 Å². The molecule has 1 heterocycles. The molecule has 1 fully saturated rings. The van der Waals surface area contributed by atoms with Gasteiger partial charge in [-0.15, -0.1) is 0 Å². The van der Waals surface area contributed by atoms with Crippen LogP contribution in [0.2, 0.25) is 0 Å². The average molecular weight is 264 g/mol. The molecule has 1 aromatic carbocycles. The lowest BCUT2D eigenvalue weighted by molar-refractivity contribution is -0.172. The van der Waals surface area contributed by atoms with E-state index in [1.54, 1.807) is 7.11 Å². The fraction of sp³-hybridized carbons (Fsp3) is 0.625. The van der Waals surface area contributed by atoms with Gasteiger partial charge in [0.25, 0.3) is 0 Å². The number of benzene rings is 1. The van der Waals surface area contributed by atoms with Crippen LogP contribution >= 0.6 is 0 Å². The van der Waals surface area contributed by atoms with Gasteiger partial charge in [0.05, 0.1) is 19.3 Å². The molecule has 0 N–H and O–H groups in total. The molecule has 3 nitrogen and oxygen atoms in total. The van der Waals surface area contributed by atoms with Crippen molar-refractivity contribution in [2.45, 2.75) is 32.8 Å². The van der Waals surface area contributed by atoms with Crippen molar-refractivity contribution in [2.24, 2.45) is 5.41 Å². The average Bonchev–Trinajstić information content (AvgIpc) is 2.39. The Hall–Kier alpha value is -1.06. The lowest BCUT2D eigenvalue weighted by Crippen LogP contribution is -2.40. The highest BCUT2D eigenvalue weighted by atomic mass is 16.5. The zero-order valence-corrected chi connectivity index (χ0v) is 12.1. The molecule has 1 atom stereocenters. The number of ether oxygens (including phenoxy) is 3. The van der Waals surface area contributed by atoms with E-state index in [-0.39, 0.29) is 11.5 Å². The zero-order chi connectivity index (χ0) is 13.7. The SMILES string of the molecule is COCCCCOc1ccc(C2OCC2(C)C)cc1. The summed E-state index contributed by atoms with van der Waals surface area (Å²) < 4.78 is 16.3. The highest BCUT2D eigenvalue weighted by molar-refractivity contribution is 5.30. The first kappa shape index (κ1) is 14.4. The van der Waals surface area contributed by atoms with Crippen molar-refractivity contribution < 1.29 is 14.2 Å². The van der Waals surface area contributed by atoms with Crippen LogP contribution in [0.5, 0.6) is 5.75 Å². The molecule has 1 unspecified atom stereocenters. The number of unbranched alkanes of at least 4 members (excludes halogenated alkanes) is 1. The van der Waals surface area contributed by atoms with Crippen LogP contribution in [0.15, 0.2) is 24.3 Å². The maximum Gasteiger partial charge on any atom is 0.119 e. The first-order valence-electron chi connectivity index (χ1n) is 6.97. The Kier molecular flexibility index (Phi) is 4.83. The predicted molar refractivity (Wildman–Crippen MR) is 75.5 cm³/mol. The summed E-state index contributed by atoms with van der Waals surface area (Å²) in [4.78, 5) is 0. The van der Waals surface area contributed by atoms with Crippen LogP contribution in [0.3, 0.4) is 0 Å². The van der Waals surface area contributed by atoms with Gasteiger partial charge >= 0.3 is 0 Å². The molecule has 2 rings (SSSR count). The molecule has 1 aromatic rings. The van der Waals surface area contributed by atoms with Crippen LogP contribution < -0.4 is 4.74 Å². The van der Waals surface area contributed by atoms with Crippen LogP contribution in [-0.4, -0.2) is 26.9 Å². The van der Waals surface area contributed by atoms with Gasteiger partial charge < -0.3 is 14.2 Å². The highest BCUT2D eigenvalue weighted by Crippen LogP contribution is 2.45. The lowest BCUT2D eigenvalue weighted by atomic mass is 9.79. The summed E-state index contributed by atoms with van der Waals surface area (Å²) in [5.74, 6) is 0.929. The van der Waals surface area contributed by atoms with Crippen molar-refractivity contribution in [1.29, 1.82) is 0 Å². The molecule has 0 aliphatic carbocycles. The summed E-state index contributed by atoms with van der Waals surface area (Å²) in [6.45, 7) is 6.86. The van der Waals surface area contributed by atoms with Gasteiger partial charge in [-0.3, -0.25) is 0 Å². The van der Waals surface area contributed by atoms with Crippen molar-refractivity contribution in [1.82, 2.24) is 0 Å². The van der Waals surface area contributed by atoms with E-state index in [2.05, 4.69) is 26.0 Å². The fourth-order valence-corrected chi connectivity index (χ4v) is 2.32. The molecular formula is C16H24O3. The predicted octanol–water partition coefficient (Wildman–Crippen LogP) is 3.59. The Labute approximate surface area is 115 Å². The zero-order valence-electron chi connectivity index (χ0n) is 12.1. The number of hydrogen-bond acceptors (Lipinski definition) is 3. The maximum atomic E-state index is 5.69. The Bertz CT molecular complexity index is 383. The minimum atomic E-state index is 0.225. The van der Waals surface area contributed by atoms with Gasteiger partial charge in [-0.25, -0.2) is 0 Å². The van der Waals surface area contributed by atoms with Crippen molar-refractivity contribution >= 4 is 0 Å². The second-order valence-corrected chi connectivity index (χ2v) is 5.80. The second-order valence-electron chi connectivity index (χ2n) is 5.80. The minimum Gasteiger partial charge on any atom is -0.494 e. The molecule has 1 saturated heterocycles. The molecule has 0 bridgehead atoms. The van der Waals surface area contributed by atoms with Crippen LogP contribution in [-0.2, 0) is 9.47 Å². The van der Waals surface area contributed by atoms with E-state index in [0.717, 1.165) is 38.4 Å². The maximum absolute atomic E-state index is 5.69. The Balaban J connectivity index is 1.79. The van der Waals surface area contributed by atoms with Gasteiger partial charge in [0.1, 0.15) is 5.75 Å². The van der Waals surface area contributed by atoms with E-state index >= 15 is 0 Å². The van der Waals surface area contributed by atoms with E-state index < -0.39 is 0 Å². The molecule has 1 aliphatic rings. The monoisotopic (exact) mass is 264 g/mol. The van der Waals surface area contributed by atoms with Crippen LogP contribution in [0.1, 0.15) is 38.4 Å². The molecule has 0 spiro atoms. The smallest absolute Gasteiger partial charge is 0.119 e. The van der Waals surface area contributed by atoms with Crippen molar-refractivity contribution in [3.63, 3.8) is 0 Å². The summed E-state index contributed by atoms with van der Waals surface area (Å²) in [6.07, 6.45) is 2.29. The number of methoxy groups -OCH3 is 1. The van der Waals surface area contributed by atoms with Gasteiger partial charge in [0.15, 0.2) is 0 Å². The molecule has 0 saturated carbocycles. The molecule has 0 aromatic heterocycles. The van der Waals surface area contributed by atoms with Crippen molar-refractivity contribution in [3.05, 3.63) is 29.8 Å². The fourth-order valence-electron chi connectivity index (χ4n) is 2.32. The van der Waals surface area contributed by atoms with E-state index in [0.29, 0.717) is 0 Å².